The van der Waals surface area contributed by atoms with Gasteiger partial charge in [-0.05, 0) is 59.7 Å². The molecule has 0 spiro atoms. The Morgan fingerprint density at radius 1 is 0.943 bits per heavy atom. The van der Waals surface area contributed by atoms with E-state index in [-0.39, 0.29) is 17.2 Å². The molecule has 0 radical (unpaired) electrons. The molecule has 1 aliphatic carbocycles. The van der Waals surface area contributed by atoms with E-state index in [2.05, 4.69) is 36.4 Å². The molecule has 5 nitrogen and oxygen atoms in total. The number of carbonyl (C=O) groups excluding carboxylic acids is 2. The number of anilines is 2. The molecule has 4 aromatic rings. The third-order valence-electron chi connectivity index (χ3n) is 6.92. The normalized spacial score (nSPS) is 15.5. The monoisotopic (exact) mass is 483 g/mol. The van der Waals surface area contributed by atoms with Gasteiger partial charge in [-0.1, -0.05) is 57.2 Å². The number of pyridine rings is 1. The number of rotatable bonds is 4. The third kappa shape index (κ3) is 4.71. The summed E-state index contributed by atoms with van der Waals surface area (Å²) in [4.78, 5) is 31.9. The first kappa shape index (κ1) is 23.2. The van der Waals surface area contributed by atoms with Gasteiger partial charge in [0.05, 0.1) is 5.56 Å². The zero-order chi connectivity index (χ0) is 24.6. The Balaban J connectivity index is 1.52. The summed E-state index contributed by atoms with van der Waals surface area (Å²) in [6, 6.07) is 17.2. The second-order valence-electron chi connectivity index (χ2n) is 10.2. The fourth-order valence-electron chi connectivity index (χ4n) is 4.85. The molecule has 2 N–H and O–H groups in total. The second-order valence-corrected chi connectivity index (χ2v) is 11.3. The van der Waals surface area contributed by atoms with Crippen molar-refractivity contribution in [2.75, 3.05) is 10.6 Å². The van der Waals surface area contributed by atoms with Gasteiger partial charge in [0.25, 0.3) is 11.8 Å². The zero-order valence-corrected chi connectivity index (χ0v) is 21.0. The number of nitrogens with zero attached hydrogens (tertiary/aromatic N) is 1. The van der Waals surface area contributed by atoms with Gasteiger partial charge in [-0.25, -0.2) is 0 Å². The first-order valence-electron chi connectivity index (χ1n) is 12.0. The maximum absolute atomic E-state index is 13.7. The molecule has 178 valence electrons. The van der Waals surface area contributed by atoms with Gasteiger partial charge in [0.2, 0.25) is 0 Å². The molecule has 35 heavy (non-hydrogen) atoms. The molecule has 1 aliphatic rings. The fourth-order valence-corrected chi connectivity index (χ4v) is 6.17. The van der Waals surface area contributed by atoms with Gasteiger partial charge in [-0.15, -0.1) is 11.3 Å². The van der Waals surface area contributed by atoms with Gasteiger partial charge < -0.3 is 10.6 Å². The number of hydrogen-bond acceptors (Lipinski definition) is 4. The van der Waals surface area contributed by atoms with E-state index in [0.717, 1.165) is 41.3 Å². The number of hydrogen-bond donors (Lipinski definition) is 2. The molecule has 2 heterocycles. The number of carbonyl (C=O) groups is 2. The van der Waals surface area contributed by atoms with Crippen LogP contribution in [0.1, 0.15) is 58.3 Å². The summed E-state index contributed by atoms with van der Waals surface area (Å²) >= 11 is 1.54. The third-order valence-corrected chi connectivity index (χ3v) is 8.09. The molecule has 2 amide bonds. The lowest BCUT2D eigenvalue weighted by Crippen LogP contribution is -2.27. The molecule has 0 saturated carbocycles. The van der Waals surface area contributed by atoms with E-state index in [0.29, 0.717) is 22.0 Å². The van der Waals surface area contributed by atoms with E-state index in [9.17, 15) is 9.59 Å². The van der Waals surface area contributed by atoms with Gasteiger partial charge in [-0.3, -0.25) is 14.6 Å². The zero-order valence-electron chi connectivity index (χ0n) is 20.2. The lowest BCUT2D eigenvalue weighted by Gasteiger charge is -2.33. The average Bonchev–Trinajstić information content (AvgIpc) is 3.21. The first-order valence-corrected chi connectivity index (χ1v) is 12.8. The molecule has 6 heteroatoms. The molecule has 2 aromatic carbocycles. The maximum Gasteiger partial charge on any atom is 0.258 e. The first-order chi connectivity index (χ1) is 16.8. The highest BCUT2D eigenvalue weighted by Crippen LogP contribution is 2.44. The predicted octanol–water partition coefficient (Wildman–Crippen LogP) is 6.95. The minimum absolute atomic E-state index is 0.182. The number of amides is 2. The summed E-state index contributed by atoms with van der Waals surface area (Å²) in [6.07, 6.45) is 5.97. The predicted molar refractivity (Wildman–Crippen MR) is 143 cm³/mol. The van der Waals surface area contributed by atoms with E-state index >= 15 is 0 Å². The van der Waals surface area contributed by atoms with Gasteiger partial charge in [0.15, 0.2) is 0 Å². The minimum atomic E-state index is -0.238. The maximum atomic E-state index is 13.7. The highest BCUT2D eigenvalue weighted by molar-refractivity contribution is 7.17. The summed E-state index contributed by atoms with van der Waals surface area (Å²) in [5, 5.41) is 8.84. The van der Waals surface area contributed by atoms with Crippen molar-refractivity contribution >= 4 is 44.6 Å². The number of aromatic nitrogens is 1. The molecule has 5 rings (SSSR count). The Morgan fingerprint density at radius 3 is 2.46 bits per heavy atom. The van der Waals surface area contributed by atoms with Crippen molar-refractivity contribution < 1.29 is 9.59 Å². The quantitative estimate of drug-likeness (QED) is 0.330. The SMILES string of the molecule is CC(C)(C)[C@H]1CCc2c(sc(NC(=O)c3ccncc3)c2C(=O)Nc2cccc3ccccc23)C1. The van der Waals surface area contributed by atoms with E-state index < -0.39 is 0 Å². The average molecular weight is 484 g/mol. The lowest BCUT2D eigenvalue weighted by molar-refractivity contribution is 0.102. The molecule has 0 aliphatic heterocycles. The van der Waals surface area contributed by atoms with Crippen molar-refractivity contribution in [1.29, 1.82) is 0 Å². The Bertz CT molecular complexity index is 1400. The minimum Gasteiger partial charge on any atom is -0.321 e. The highest BCUT2D eigenvalue weighted by Gasteiger charge is 2.34. The van der Waals surface area contributed by atoms with Crippen LogP contribution in [0.3, 0.4) is 0 Å². The molecule has 0 unspecified atom stereocenters. The van der Waals surface area contributed by atoms with Crippen LogP contribution < -0.4 is 10.6 Å². The topological polar surface area (TPSA) is 71.1 Å². The molecule has 2 aromatic heterocycles. The summed E-state index contributed by atoms with van der Waals surface area (Å²) in [6.45, 7) is 6.82. The van der Waals surface area contributed by atoms with Gasteiger partial charge >= 0.3 is 0 Å². The van der Waals surface area contributed by atoms with Crippen molar-refractivity contribution in [2.24, 2.45) is 11.3 Å². The summed E-state index contributed by atoms with van der Waals surface area (Å²) in [7, 11) is 0. The van der Waals surface area contributed by atoms with Gasteiger partial charge in [0.1, 0.15) is 5.00 Å². The van der Waals surface area contributed by atoms with Crippen molar-refractivity contribution in [2.45, 2.75) is 40.0 Å². The molecule has 0 bridgehead atoms. The molecule has 1 atom stereocenters. The molecule has 0 fully saturated rings. The Kier molecular flexibility index (Phi) is 6.15. The number of nitrogens with one attached hydrogen (secondary N) is 2. The second kappa shape index (κ2) is 9.27. The molecular weight excluding hydrogens is 454 g/mol. The van der Waals surface area contributed by atoms with Crippen LogP contribution in [0.2, 0.25) is 0 Å². The Morgan fingerprint density at radius 2 is 1.69 bits per heavy atom. The van der Waals surface area contributed by atoms with Crippen LogP contribution in [0.4, 0.5) is 10.7 Å². The number of benzene rings is 2. The standard InChI is InChI=1S/C29H29N3O2S/c1-29(2,3)20-11-12-22-24(17-20)35-28(32-26(33)19-13-15-30-16-14-19)25(22)27(34)31-23-10-6-8-18-7-4-5-9-21(18)23/h4-10,13-16,20H,11-12,17H2,1-3H3,(H,31,34)(H,32,33)/t20-/m0/s1. The van der Waals surface area contributed by atoms with E-state index in [4.69, 9.17) is 0 Å². The van der Waals surface area contributed by atoms with Crippen LogP contribution in [0, 0.1) is 11.3 Å². The molecular formula is C29H29N3O2S. The van der Waals surface area contributed by atoms with Crippen LogP contribution in [0.25, 0.3) is 10.8 Å². The summed E-state index contributed by atoms with van der Waals surface area (Å²) in [5.74, 6) is 0.113. The molecule has 0 saturated heterocycles. The number of fused-ring (bicyclic) bond motifs is 2. The van der Waals surface area contributed by atoms with Crippen molar-refractivity contribution in [3.63, 3.8) is 0 Å². The van der Waals surface area contributed by atoms with Gasteiger partial charge in [0, 0.05) is 33.9 Å². The summed E-state index contributed by atoms with van der Waals surface area (Å²) in [5.41, 5.74) is 3.13. The largest absolute Gasteiger partial charge is 0.321 e. The van der Waals surface area contributed by atoms with Crippen LogP contribution >= 0.6 is 11.3 Å². The van der Waals surface area contributed by atoms with E-state index in [1.807, 2.05) is 42.5 Å². The Labute approximate surface area is 209 Å². The number of thiophene rings is 1. The fraction of sp³-hybridized carbons (Fsp3) is 0.276. The Hall–Kier alpha value is -3.51. The van der Waals surface area contributed by atoms with E-state index in [1.165, 1.54) is 16.2 Å². The van der Waals surface area contributed by atoms with Gasteiger partial charge in [-0.2, -0.15) is 0 Å². The van der Waals surface area contributed by atoms with Crippen molar-refractivity contribution in [3.05, 3.63) is 88.6 Å². The van der Waals surface area contributed by atoms with Crippen molar-refractivity contribution in [1.82, 2.24) is 4.98 Å². The van der Waals surface area contributed by atoms with Crippen LogP contribution in [0.15, 0.2) is 67.0 Å². The van der Waals surface area contributed by atoms with E-state index in [1.54, 1.807) is 24.5 Å². The van der Waals surface area contributed by atoms with Crippen LogP contribution in [-0.2, 0) is 12.8 Å². The highest BCUT2D eigenvalue weighted by atomic mass is 32.1. The lowest BCUT2D eigenvalue weighted by atomic mass is 9.72. The van der Waals surface area contributed by atoms with Crippen LogP contribution in [-0.4, -0.2) is 16.8 Å². The van der Waals surface area contributed by atoms with Crippen molar-refractivity contribution in [3.8, 4) is 0 Å². The summed E-state index contributed by atoms with van der Waals surface area (Å²) < 4.78 is 0. The smallest absolute Gasteiger partial charge is 0.258 e. The van der Waals surface area contributed by atoms with Crippen LogP contribution in [0.5, 0.6) is 0 Å².